The number of hydrogen-bond acceptors (Lipinski definition) is 5. The number of non-ortho nitro benzene ring substituents is 1. The topological polar surface area (TPSA) is 78.7 Å². The highest BCUT2D eigenvalue weighted by Gasteiger charge is 2.19. The van der Waals surface area contributed by atoms with Crippen LogP contribution in [0, 0.1) is 17.0 Å². The van der Waals surface area contributed by atoms with Gasteiger partial charge in [-0.15, -0.1) is 0 Å². The van der Waals surface area contributed by atoms with Gasteiger partial charge in [0.25, 0.3) is 5.69 Å². The van der Waals surface area contributed by atoms with E-state index in [4.69, 9.17) is 9.47 Å². The minimum Gasteiger partial charge on any atom is -0.496 e. The van der Waals surface area contributed by atoms with E-state index in [9.17, 15) is 14.9 Å². The fourth-order valence-electron chi connectivity index (χ4n) is 1.81. The van der Waals surface area contributed by atoms with Gasteiger partial charge in [-0.3, -0.25) is 10.1 Å². The molecule has 0 aliphatic carbocycles. The van der Waals surface area contributed by atoms with Crippen molar-refractivity contribution in [2.45, 2.75) is 6.92 Å². The van der Waals surface area contributed by atoms with E-state index in [1.165, 1.54) is 19.2 Å². The van der Waals surface area contributed by atoms with Crippen molar-refractivity contribution in [1.29, 1.82) is 0 Å². The number of carbonyl (C=O) groups excluding carboxylic acids is 1. The van der Waals surface area contributed by atoms with Crippen molar-refractivity contribution in [3.05, 3.63) is 63.7 Å². The van der Waals surface area contributed by atoms with Gasteiger partial charge in [-0.05, 0) is 30.7 Å². The van der Waals surface area contributed by atoms with Crippen LogP contribution in [-0.4, -0.2) is 18.0 Å². The summed E-state index contributed by atoms with van der Waals surface area (Å²) in [6, 6.07) is 10.7. The summed E-state index contributed by atoms with van der Waals surface area (Å²) < 4.78 is 10.3. The second-order valence-electron chi connectivity index (χ2n) is 4.35. The highest BCUT2D eigenvalue weighted by molar-refractivity contribution is 5.94. The molecule has 2 aromatic carbocycles. The number of nitro benzene ring substituents is 1. The highest BCUT2D eigenvalue weighted by atomic mass is 16.6. The van der Waals surface area contributed by atoms with E-state index >= 15 is 0 Å². The number of methoxy groups -OCH3 is 1. The number of benzene rings is 2. The van der Waals surface area contributed by atoms with Crippen molar-refractivity contribution in [2.24, 2.45) is 0 Å². The Morgan fingerprint density at radius 3 is 2.57 bits per heavy atom. The number of ether oxygens (including phenoxy) is 2. The third-order valence-electron chi connectivity index (χ3n) is 2.81. The Hall–Kier alpha value is -2.89. The van der Waals surface area contributed by atoms with Gasteiger partial charge in [0.05, 0.1) is 12.0 Å². The van der Waals surface area contributed by atoms with Gasteiger partial charge in [-0.2, -0.15) is 0 Å². The molecule has 6 nitrogen and oxygen atoms in total. The lowest BCUT2D eigenvalue weighted by Crippen LogP contribution is -2.10. The SMILES string of the molecule is COc1ccc([N+](=O)[O-])cc1C(=O)Oc1cccc(C)c1. The Kier molecular flexibility index (Phi) is 4.18. The van der Waals surface area contributed by atoms with E-state index in [0.717, 1.165) is 11.6 Å². The van der Waals surface area contributed by atoms with Crippen molar-refractivity contribution in [3.63, 3.8) is 0 Å². The third-order valence-corrected chi connectivity index (χ3v) is 2.81. The zero-order valence-corrected chi connectivity index (χ0v) is 11.5. The first-order valence-electron chi connectivity index (χ1n) is 6.12. The third kappa shape index (κ3) is 3.36. The van der Waals surface area contributed by atoms with Crippen LogP contribution in [0.4, 0.5) is 5.69 Å². The minimum absolute atomic E-state index is 0.00760. The summed E-state index contributed by atoms with van der Waals surface area (Å²) in [5.74, 6) is -0.118. The lowest BCUT2D eigenvalue weighted by atomic mass is 10.1. The van der Waals surface area contributed by atoms with Gasteiger partial charge in [0.2, 0.25) is 0 Å². The molecule has 2 rings (SSSR count). The van der Waals surface area contributed by atoms with Crippen LogP contribution in [0.15, 0.2) is 42.5 Å². The lowest BCUT2D eigenvalue weighted by Gasteiger charge is -2.08. The van der Waals surface area contributed by atoms with E-state index < -0.39 is 10.9 Å². The number of carbonyl (C=O) groups is 1. The Morgan fingerprint density at radius 2 is 1.95 bits per heavy atom. The molecule has 0 spiro atoms. The summed E-state index contributed by atoms with van der Waals surface area (Å²) in [4.78, 5) is 22.4. The van der Waals surface area contributed by atoms with Gasteiger partial charge in [0.15, 0.2) is 0 Å². The van der Waals surface area contributed by atoms with E-state index in [1.54, 1.807) is 18.2 Å². The Balaban J connectivity index is 2.33. The Labute approximate surface area is 121 Å². The second-order valence-corrected chi connectivity index (χ2v) is 4.35. The van der Waals surface area contributed by atoms with E-state index in [0.29, 0.717) is 5.75 Å². The molecule has 0 bridgehead atoms. The number of esters is 1. The molecular weight excluding hydrogens is 274 g/mol. The zero-order valence-electron chi connectivity index (χ0n) is 11.5. The summed E-state index contributed by atoms with van der Waals surface area (Å²) in [6.07, 6.45) is 0. The molecule has 108 valence electrons. The molecule has 0 amide bonds. The monoisotopic (exact) mass is 287 g/mol. The van der Waals surface area contributed by atoms with Crippen molar-refractivity contribution in [1.82, 2.24) is 0 Å². The van der Waals surface area contributed by atoms with Crippen LogP contribution in [0.1, 0.15) is 15.9 Å². The molecule has 0 aliphatic heterocycles. The lowest BCUT2D eigenvalue weighted by molar-refractivity contribution is -0.384. The number of nitro groups is 1. The molecule has 0 atom stereocenters. The van der Waals surface area contributed by atoms with Crippen molar-refractivity contribution >= 4 is 11.7 Å². The average molecular weight is 287 g/mol. The second kappa shape index (κ2) is 6.04. The van der Waals surface area contributed by atoms with E-state index in [2.05, 4.69) is 0 Å². The molecule has 6 heteroatoms. The standard InChI is InChI=1S/C15H13NO5/c1-10-4-3-5-12(8-10)21-15(17)13-9-11(16(18)19)6-7-14(13)20-2/h3-9H,1-2H3. The molecule has 0 aliphatic rings. The minimum atomic E-state index is -0.707. The molecule has 0 saturated carbocycles. The summed E-state index contributed by atoms with van der Waals surface area (Å²) in [5.41, 5.74) is 0.742. The molecule has 0 aromatic heterocycles. The molecule has 0 unspecified atom stereocenters. The normalized spacial score (nSPS) is 10.0. The van der Waals surface area contributed by atoms with Crippen molar-refractivity contribution < 1.29 is 19.2 Å². The van der Waals surface area contributed by atoms with Crippen LogP contribution in [0.25, 0.3) is 0 Å². The van der Waals surface area contributed by atoms with Gasteiger partial charge >= 0.3 is 5.97 Å². The van der Waals surface area contributed by atoms with Gasteiger partial charge in [0, 0.05) is 12.1 Å². The molecule has 0 radical (unpaired) electrons. The van der Waals surface area contributed by atoms with Crippen LogP contribution >= 0.6 is 0 Å². The number of nitrogens with zero attached hydrogens (tertiary/aromatic N) is 1. The Morgan fingerprint density at radius 1 is 1.19 bits per heavy atom. The van der Waals surface area contributed by atoms with E-state index in [-0.39, 0.29) is 17.0 Å². The summed E-state index contributed by atoms with van der Waals surface area (Å²) in [6.45, 7) is 1.87. The van der Waals surface area contributed by atoms with Crippen LogP contribution in [0.5, 0.6) is 11.5 Å². The predicted molar refractivity (Wildman–Crippen MR) is 75.8 cm³/mol. The maximum atomic E-state index is 12.2. The fourth-order valence-corrected chi connectivity index (χ4v) is 1.81. The van der Waals surface area contributed by atoms with Gasteiger partial charge < -0.3 is 9.47 Å². The first kappa shape index (κ1) is 14.5. The van der Waals surface area contributed by atoms with Crippen LogP contribution < -0.4 is 9.47 Å². The smallest absolute Gasteiger partial charge is 0.347 e. The molecule has 0 fully saturated rings. The van der Waals surface area contributed by atoms with Crippen molar-refractivity contribution in [2.75, 3.05) is 7.11 Å². The molecular formula is C15H13NO5. The fraction of sp³-hybridized carbons (Fsp3) is 0.133. The molecule has 2 aromatic rings. The maximum Gasteiger partial charge on any atom is 0.347 e. The van der Waals surface area contributed by atoms with Gasteiger partial charge in [0.1, 0.15) is 17.1 Å². The van der Waals surface area contributed by atoms with Crippen LogP contribution in [0.3, 0.4) is 0 Å². The van der Waals surface area contributed by atoms with Gasteiger partial charge in [-0.1, -0.05) is 12.1 Å². The summed E-state index contributed by atoms with van der Waals surface area (Å²) in [5, 5.41) is 10.8. The summed E-state index contributed by atoms with van der Waals surface area (Å²) >= 11 is 0. The first-order valence-corrected chi connectivity index (χ1v) is 6.12. The summed E-state index contributed by atoms with van der Waals surface area (Å²) in [7, 11) is 1.38. The number of aryl methyl sites for hydroxylation is 1. The number of rotatable bonds is 4. The van der Waals surface area contributed by atoms with Crippen LogP contribution in [-0.2, 0) is 0 Å². The number of hydrogen-bond donors (Lipinski definition) is 0. The van der Waals surface area contributed by atoms with E-state index in [1.807, 2.05) is 13.0 Å². The van der Waals surface area contributed by atoms with Crippen molar-refractivity contribution in [3.8, 4) is 11.5 Å². The Bertz CT molecular complexity index is 696. The first-order chi connectivity index (χ1) is 10.0. The largest absolute Gasteiger partial charge is 0.496 e. The molecule has 0 heterocycles. The predicted octanol–water partition coefficient (Wildman–Crippen LogP) is 3.13. The van der Waals surface area contributed by atoms with Crippen LogP contribution in [0.2, 0.25) is 0 Å². The zero-order chi connectivity index (χ0) is 15.4. The maximum absolute atomic E-state index is 12.2. The molecule has 0 saturated heterocycles. The quantitative estimate of drug-likeness (QED) is 0.373. The molecule has 21 heavy (non-hydrogen) atoms. The van der Waals surface area contributed by atoms with Gasteiger partial charge in [-0.25, -0.2) is 4.79 Å². The average Bonchev–Trinajstić information content (AvgIpc) is 2.46. The molecule has 0 N–H and O–H groups in total. The highest BCUT2D eigenvalue weighted by Crippen LogP contribution is 2.25.